The number of ether oxygens (including phenoxy) is 1. The molecule has 2 rings (SSSR count). The number of rotatable bonds is 2. The number of hydrogen-bond acceptors (Lipinski definition) is 1. The number of alkyl halides is 1. The number of hydrogen-bond donors (Lipinski definition) is 0. The first kappa shape index (κ1) is 11.3. The minimum atomic E-state index is 0.600. The zero-order valence-electron chi connectivity index (χ0n) is 8.67. The summed E-state index contributed by atoms with van der Waals surface area (Å²) in [5, 5.41) is 0.686. The first-order chi connectivity index (χ1) is 7.22. The third-order valence-electron chi connectivity index (χ3n) is 3.03. The summed E-state index contributed by atoms with van der Waals surface area (Å²) in [6, 6.07) is 6.09. The van der Waals surface area contributed by atoms with Gasteiger partial charge in [-0.2, -0.15) is 0 Å². The van der Waals surface area contributed by atoms with Crippen LogP contribution in [0.15, 0.2) is 18.2 Å². The Morgan fingerprint density at radius 3 is 2.80 bits per heavy atom. The zero-order valence-corrected chi connectivity index (χ0v) is 11.0. The maximum Gasteiger partial charge on any atom is 0.137 e. The van der Waals surface area contributed by atoms with E-state index in [1.165, 1.54) is 24.8 Å². The summed E-state index contributed by atoms with van der Waals surface area (Å²) in [4.78, 5) is 0.600. The van der Waals surface area contributed by atoms with Crippen LogP contribution < -0.4 is 4.74 Å². The molecule has 3 heteroatoms. The van der Waals surface area contributed by atoms with Gasteiger partial charge in [0, 0.05) is 4.83 Å². The molecule has 1 nitrogen and oxygen atoms in total. The first-order valence-electron chi connectivity index (χ1n) is 5.20. The van der Waals surface area contributed by atoms with Crippen LogP contribution in [-0.4, -0.2) is 11.9 Å². The monoisotopic (exact) mass is 288 g/mol. The minimum absolute atomic E-state index is 0.600. The van der Waals surface area contributed by atoms with Crippen molar-refractivity contribution in [3.8, 4) is 5.75 Å². The summed E-state index contributed by atoms with van der Waals surface area (Å²) in [5.41, 5.74) is 1.33. The minimum Gasteiger partial charge on any atom is -0.495 e. The quantitative estimate of drug-likeness (QED) is 0.734. The summed E-state index contributed by atoms with van der Waals surface area (Å²) < 4.78 is 5.23. The SMILES string of the molecule is COc1cc(C2CCCC2Br)ccc1Cl. The van der Waals surface area contributed by atoms with Crippen molar-refractivity contribution in [2.45, 2.75) is 30.0 Å². The largest absolute Gasteiger partial charge is 0.495 e. The Morgan fingerprint density at radius 2 is 2.20 bits per heavy atom. The Balaban J connectivity index is 2.28. The van der Waals surface area contributed by atoms with Gasteiger partial charge in [-0.05, 0) is 36.5 Å². The average Bonchev–Trinajstić information content (AvgIpc) is 2.65. The number of halogens is 2. The van der Waals surface area contributed by atoms with Crippen molar-refractivity contribution in [1.29, 1.82) is 0 Å². The molecule has 1 fully saturated rings. The van der Waals surface area contributed by atoms with Gasteiger partial charge in [0.2, 0.25) is 0 Å². The summed E-state index contributed by atoms with van der Waals surface area (Å²) in [5.74, 6) is 1.39. The van der Waals surface area contributed by atoms with E-state index in [0.717, 1.165) is 5.75 Å². The fourth-order valence-corrected chi connectivity index (χ4v) is 3.29. The molecule has 15 heavy (non-hydrogen) atoms. The molecule has 0 heterocycles. The van der Waals surface area contributed by atoms with Crippen molar-refractivity contribution in [3.63, 3.8) is 0 Å². The van der Waals surface area contributed by atoms with Gasteiger partial charge in [0.1, 0.15) is 5.75 Å². The Morgan fingerprint density at radius 1 is 1.40 bits per heavy atom. The topological polar surface area (TPSA) is 9.23 Å². The Labute approximate surface area is 104 Å². The van der Waals surface area contributed by atoms with Crippen molar-refractivity contribution < 1.29 is 4.74 Å². The lowest BCUT2D eigenvalue weighted by molar-refractivity contribution is 0.414. The molecule has 0 aliphatic heterocycles. The van der Waals surface area contributed by atoms with E-state index in [2.05, 4.69) is 28.1 Å². The fraction of sp³-hybridized carbons (Fsp3) is 0.500. The van der Waals surface area contributed by atoms with Crippen LogP contribution >= 0.6 is 27.5 Å². The third-order valence-corrected chi connectivity index (χ3v) is 4.44. The fourth-order valence-electron chi connectivity index (χ4n) is 2.20. The van der Waals surface area contributed by atoms with Gasteiger partial charge in [-0.1, -0.05) is 40.0 Å². The van der Waals surface area contributed by atoms with Crippen molar-refractivity contribution in [2.75, 3.05) is 7.11 Å². The number of methoxy groups -OCH3 is 1. The normalized spacial score (nSPS) is 25.5. The van der Waals surface area contributed by atoms with Gasteiger partial charge >= 0.3 is 0 Å². The molecule has 2 unspecified atom stereocenters. The van der Waals surface area contributed by atoms with Crippen LogP contribution in [0.4, 0.5) is 0 Å². The molecule has 0 aromatic heterocycles. The highest BCUT2D eigenvalue weighted by Crippen LogP contribution is 2.41. The molecular formula is C12H14BrClO. The van der Waals surface area contributed by atoms with E-state index < -0.39 is 0 Å². The smallest absolute Gasteiger partial charge is 0.137 e. The lowest BCUT2D eigenvalue weighted by atomic mass is 9.97. The molecule has 2 atom stereocenters. The maximum absolute atomic E-state index is 6.00. The zero-order chi connectivity index (χ0) is 10.8. The van der Waals surface area contributed by atoms with Crippen LogP contribution in [0.1, 0.15) is 30.7 Å². The highest BCUT2D eigenvalue weighted by atomic mass is 79.9. The molecule has 82 valence electrons. The van der Waals surface area contributed by atoms with Gasteiger partial charge < -0.3 is 4.74 Å². The highest BCUT2D eigenvalue weighted by Gasteiger charge is 2.26. The summed E-state index contributed by atoms with van der Waals surface area (Å²) in [6.07, 6.45) is 3.81. The van der Waals surface area contributed by atoms with Gasteiger partial charge in [-0.3, -0.25) is 0 Å². The Bertz CT molecular complexity index is 353. The molecule has 1 aromatic carbocycles. The summed E-state index contributed by atoms with van der Waals surface area (Å²) >= 11 is 9.74. The van der Waals surface area contributed by atoms with Gasteiger partial charge in [-0.25, -0.2) is 0 Å². The molecule has 1 aliphatic carbocycles. The summed E-state index contributed by atoms with van der Waals surface area (Å²) in [6.45, 7) is 0. The molecule has 0 amide bonds. The molecule has 0 spiro atoms. The van der Waals surface area contributed by atoms with Crippen LogP contribution in [0.2, 0.25) is 5.02 Å². The van der Waals surface area contributed by atoms with Crippen LogP contribution in [0.3, 0.4) is 0 Å². The van der Waals surface area contributed by atoms with E-state index in [-0.39, 0.29) is 0 Å². The van der Waals surface area contributed by atoms with E-state index in [4.69, 9.17) is 16.3 Å². The second-order valence-corrected chi connectivity index (χ2v) is 5.53. The van der Waals surface area contributed by atoms with Gasteiger partial charge in [0.25, 0.3) is 0 Å². The van der Waals surface area contributed by atoms with Gasteiger partial charge in [-0.15, -0.1) is 0 Å². The second-order valence-electron chi connectivity index (χ2n) is 3.95. The van der Waals surface area contributed by atoms with Crippen molar-refractivity contribution in [2.24, 2.45) is 0 Å². The molecule has 1 aliphatic rings. The molecule has 0 bridgehead atoms. The first-order valence-corrected chi connectivity index (χ1v) is 6.49. The van der Waals surface area contributed by atoms with E-state index >= 15 is 0 Å². The molecule has 1 aromatic rings. The van der Waals surface area contributed by atoms with Crippen molar-refractivity contribution >= 4 is 27.5 Å². The van der Waals surface area contributed by atoms with E-state index in [0.29, 0.717) is 15.8 Å². The van der Waals surface area contributed by atoms with Crippen LogP contribution in [0.25, 0.3) is 0 Å². The van der Waals surface area contributed by atoms with Crippen LogP contribution in [-0.2, 0) is 0 Å². The lowest BCUT2D eigenvalue weighted by Gasteiger charge is -2.15. The predicted octanol–water partition coefficient (Wildman–Crippen LogP) is 4.38. The van der Waals surface area contributed by atoms with E-state index in [1.54, 1.807) is 7.11 Å². The molecular weight excluding hydrogens is 275 g/mol. The predicted molar refractivity (Wildman–Crippen MR) is 67.3 cm³/mol. The number of benzene rings is 1. The van der Waals surface area contributed by atoms with E-state index in [9.17, 15) is 0 Å². The van der Waals surface area contributed by atoms with Crippen molar-refractivity contribution in [1.82, 2.24) is 0 Å². The van der Waals surface area contributed by atoms with Gasteiger partial charge in [0.15, 0.2) is 0 Å². The second kappa shape index (κ2) is 4.75. The van der Waals surface area contributed by atoms with E-state index in [1.807, 2.05) is 6.07 Å². The van der Waals surface area contributed by atoms with Crippen LogP contribution in [0.5, 0.6) is 5.75 Å². The standard InChI is InChI=1S/C12H14BrClO/c1-15-12-7-8(5-6-11(12)14)9-3-2-4-10(9)13/h5-7,9-10H,2-4H2,1H3. The van der Waals surface area contributed by atoms with Crippen molar-refractivity contribution in [3.05, 3.63) is 28.8 Å². The third kappa shape index (κ3) is 2.31. The highest BCUT2D eigenvalue weighted by molar-refractivity contribution is 9.09. The molecule has 0 radical (unpaired) electrons. The Hall–Kier alpha value is -0.210. The lowest BCUT2D eigenvalue weighted by Crippen LogP contribution is -2.04. The van der Waals surface area contributed by atoms with Gasteiger partial charge in [0.05, 0.1) is 12.1 Å². The maximum atomic E-state index is 6.00. The summed E-state index contributed by atoms with van der Waals surface area (Å²) in [7, 11) is 1.66. The Kier molecular flexibility index (Phi) is 3.57. The molecule has 1 saturated carbocycles. The van der Waals surface area contributed by atoms with Crippen LogP contribution in [0, 0.1) is 0 Å². The average molecular weight is 290 g/mol. The molecule has 0 N–H and O–H groups in total. The molecule has 0 saturated heterocycles.